The molecule has 8 aromatic carbocycles. The van der Waals surface area contributed by atoms with E-state index in [0.717, 1.165) is 0 Å². The highest BCUT2D eigenvalue weighted by Crippen LogP contribution is 2.64. The maximum Gasteiger partial charge on any atom is 0.303 e. The van der Waals surface area contributed by atoms with E-state index in [1.807, 2.05) is 12.1 Å². The van der Waals surface area contributed by atoms with Crippen molar-refractivity contribution in [3.63, 3.8) is 0 Å². The van der Waals surface area contributed by atoms with Gasteiger partial charge in [-0.15, -0.1) is 0 Å². The van der Waals surface area contributed by atoms with E-state index in [1.165, 1.54) is 120 Å². The Morgan fingerprint density at radius 2 is 0.660 bits per heavy atom. The SMILES string of the molecule is COc1ccc2c(c1)O[C@@H](c1ccc(OC)c(OC)c1)[C@H](OC(C)=O)[C@H]2c1cc2c(cc1OC)O[C@@H](c1ccc(OC)c(OC)c1)[C@H](OC(C)=O)[C@H]2c1c2c(c(OC)c([C@@H]3c4ccc(OC)cc4O[C@@H](c4ccc(OC)c(OC)c4)[C@@H]3OC(C)=O)c1OC)C[C@H](OC(C)=O)[C@@H](c1ccc(OC)c(OC)c1)O2. The zero-order chi connectivity index (χ0) is 75.5. The molecule has 0 aromatic heterocycles. The Kier molecular flexibility index (Phi) is 21.8. The molecule has 106 heavy (non-hydrogen) atoms. The van der Waals surface area contributed by atoms with Crippen LogP contribution in [0.25, 0.3) is 0 Å². The third-order valence-corrected chi connectivity index (χ3v) is 19.5. The fourth-order valence-corrected chi connectivity index (χ4v) is 15.1. The molecule has 25 nitrogen and oxygen atoms in total. The molecule has 25 heteroatoms. The number of fused-ring (bicyclic) bond motifs is 4. The number of ether oxygens (including phenoxy) is 21. The van der Waals surface area contributed by atoms with E-state index in [0.29, 0.717) is 119 Å². The van der Waals surface area contributed by atoms with E-state index < -0.39 is 90.5 Å². The van der Waals surface area contributed by atoms with Gasteiger partial charge in [0.15, 0.2) is 88.7 Å². The van der Waals surface area contributed by atoms with Crippen LogP contribution in [-0.2, 0) is 44.5 Å². The summed E-state index contributed by atoms with van der Waals surface area (Å²) in [5, 5.41) is 0. The van der Waals surface area contributed by atoms with Crippen LogP contribution in [0.2, 0.25) is 0 Å². The van der Waals surface area contributed by atoms with Crippen molar-refractivity contribution in [2.75, 3.05) is 92.4 Å². The first-order valence-electron chi connectivity index (χ1n) is 33.9. The molecule has 0 radical (unpaired) electrons. The lowest BCUT2D eigenvalue weighted by atomic mass is 9.72. The molecule has 0 N–H and O–H groups in total. The fourth-order valence-electron chi connectivity index (χ4n) is 15.1. The van der Waals surface area contributed by atoms with Crippen molar-refractivity contribution in [1.29, 1.82) is 0 Å². The number of esters is 4. The van der Waals surface area contributed by atoms with E-state index in [4.69, 9.17) is 99.5 Å². The first-order chi connectivity index (χ1) is 51.2. The number of carbonyl (C=O) groups is 4. The van der Waals surface area contributed by atoms with Gasteiger partial charge in [-0.1, -0.05) is 36.4 Å². The monoisotopic (exact) mass is 1460 g/mol. The Hall–Kier alpha value is -11.8. The molecule has 12 rings (SSSR count). The van der Waals surface area contributed by atoms with Crippen LogP contribution in [0.1, 0.15) is 131 Å². The molecule has 8 aromatic rings. The first kappa shape index (κ1) is 74.0. The van der Waals surface area contributed by atoms with Gasteiger partial charge in [0.25, 0.3) is 0 Å². The molecule has 0 saturated carbocycles. The second-order valence-corrected chi connectivity index (χ2v) is 25.3. The topological polar surface area (TPSA) is 262 Å². The van der Waals surface area contributed by atoms with E-state index in [-0.39, 0.29) is 46.3 Å². The van der Waals surface area contributed by atoms with Crippen LogP contribution in [0.4, 0.5) is 0 Å². The Balaban J connectivity index is 1.25. The molecule has 0 fully saturated rings. The van der Waals surface area contributed by atoms with Crippen molar-refractivity contribution in [3.05, 3.63) is 183 Å². The molecule has 0 aliphatic carbocycles. The predicted octanol–water partition coefficient (Wildman–Crippen LogP) is 13.0. The van der Waals surface area contributed by atoms with Crippen LogP contribution in [0.3, 0.4) is 0 Å². The summed E-state index contributed by atoms with van der Waals surface area (Å²) in [5.41, 5.74) is 4.56. The van der Waals surface area contributed by atoms with Crippen LogP contribution >= 0.6 is 0 Å². The molecule has 0 spiro atoms. The van der Waals surface area contributed by atoms with Gasteiger partial charge in [-0.3, -0.25) is 19.2 Å². The number of rotatable bonds is 24. The third-order valence-electron chi connectivity index (χ3n) is 19.5. The van der Waals surface area contributed by atoms with E-state index >= 15 is 0 Å². The fraction of sp³-hybridized carbons (Fsp3) is 0.358. The Morgan fingerprint density at radius 1 is 0.302 bits per heavy atom. The maximum absolute atomic E-state index is 14.7. The molecule has 0 amide bonds. The lowest BCUT2D eigenvalue weighted by molar-refractivity contribution is -0.154. The van der Waals surface area contributed by atoms with E-state index in [9.17, 15) is 19.2 Å². The van der Waals surface area contributed by atoms with E-state index in [1.54, 1.807) is 109 Å². The Morgan fingerprint density at radius 3 is 1.03 bits per heavy atom. The van der Waals surface area contributed by atoms with Gasteiger partial charge in [0.05, 0.1) is 110 Å². The van der Waals surface area contributed by atoms with Crippen molar-refractivity contribution in [2.45, 2.75) is 101 Å². The summed E-state index contributed by atoms with van der Waals surface area (Å²) in [6, 6.07) is 35.1. The minimum absolute atomic E-state index is 0.0673. The molecule has 0 unspecified atom stereocenters. The number of carbonyl (C=O) groups excluding carboxylic acids is 4. The lowest BCUT2D eigenvalue weighted by Gasteiger charge is -2.45. The van der Waals surface area contributed by atoms with Crippen molar-refractivity contribution in [3.8, 4) is 97.7 Å². The first-order valence-corrected chi connectivity index (χ1v) is 33.9. The molecule has 0 bridgehead atoms. The summed E-state index contributed by atoms with van der Waals surface area (Å²) in [7, 11) is 19.6. The van der Waals surface area contributed by atoms with Gasteiger partial charge in [-0.2, -0.15) is 0 Å². The van der Waals surface area contributed by atoms with E-state index in [2.05, 4.69) is 0 Å². The van der Waals surface area contributed by atoms with Crippen molar-refractivity contribution >= 4 is 23.9 Å². The molecular formula is C81H84O25. The number of methoxy groups -OCH3 is 13. The number of benzene rings is 8. The van der Waals surface area contributed by atoms with Gasteiger partial charge in [0.2, 0.25) is 0 Å². The van der Waals surface area contributed by atoms with Crippen molar-refractivity contribution < 1.29 is 119 Å². The maximum atomic E-state index is 14.7. The van der Waals surface area contributed by atoms with Gasteiger partial charge in [-0.05, 0) is 66.7 Å². The minimum atomic E-state index is -1.46. The third kappa shape index (κ3) is 13.8. The molecule has 4 aliphatic heterocycles. The van der Waals surface area contributed by atoms with Crippen LogP contribution < -0.4 is 80.5 Å². The summed E-state index contributed by atoms with van der Waals surface area (Å²) in [6.07, 6.45) is -9.88. The molecule has 4 aliphatic rings. The molecule has 558 valence electrons. The van der Waals surface area contributed by atoms with Gasteiger partial charge in [-0.25, -0.2) is 0 Å². The average molecular weight is 1460 g/mol. The Bertz CT molecular complexity index is 4640. The van der Waals surface area contributed by atoms with Crippen LogP contribution in [0.15, 0.2) is 121 Å². The van der Waals surface area contributed by atoms with Crippen LogP contribution in [-0.4, -0.2) is 141 Å². The summed E-state index contributed by atoms with van der Waals surface area (Å²) in [5.74, 6) is -0.867. The summed E-state index contributed by atoms with van der Waals surface area (Å²) >= 11 is 0. The largest absolute Gasteiger partial charge is 0.497 e. The molecule has 4 heterocycles. The second-order valence-electron chi connectivity index (χ2n) is 25.3. The van der Waals surface area contributed by atoms with Gasteiger partial charge < -0.3 is 99.5 Å². The van der Waals surface area contributed by atoms with Gasteiger partial charge in [0.1, 0.15) is 57.8 Å². The highest BCUT2D eigenvalue weighted by atomic mass is 16.6. The van der Waals surface area contributed by atoms with Crippen molar-refractivity contribution in [1.82, 2.24) is 0 Å². The highest BCUT2D eigenvalue weighted by molar-refractivity contribution is 5.75. The molecule has 11 atom stereocenters. The summed E-state index contributed by atoms with van der Waals surface area (Å²) < 4.78 is 135. The highest BCUT2D eigenvalue weighted by Gasteiger charge is 2.54. The number of hydrogen-bond acceptors (Lipinski definition) is 25. The van der Waals surface area contributed by atoms with Gasteiger partial charge >= 0.3 is 23.9 Å². The van der Waals surface area contributed by atoms with Crippen LogP contribution in [0, 0.1) is 0 Å². The summed E-state index contributed by atoms with van der Waals surface area (Å²) in [4.78, 5) is 56.7. The second kappa shape index (κ2) is 31.3. The standard InChI is InChI=1S/C81H84O25/c1-39(82)99-66-37-53-76(97-16)70(68-50-25-23-48(87-6)35-60(50)104-74(80(68)101-41(3)84)45-20-28-56(90-9)64(32-45)95-14)78(98-17)71(77(53)106-72(66)43-18-26-54(88-7)62(30-43)93-12)69-52-36-51(58(92-11)38-61(52)105-75(81(69)102-42(4)85)46-21-29-57(91-10)65(33-46)96-15)67-49-24-22-47(86-5)34-59(49)103-73(79(67)100-40(2)83)44-19-27-55(89-8)63(31-44)94-13/h18-36,38,66-69,72-75,79-81H,37H2,1-17H3/t66-,67+,68-,69+,72+,73-,74-,75-,79+,80+,81+/m0/s1. The minimum Gasteiger partial charge on any atom is -0.497 e. The molecule has 0 saturated heterocycles. The van der Waals surface area contributed by atoms with Gasteiger partial charge in [0, 0.05) is 114 Å². The zero-order valence-corrected chi connectivity index (χ0v) is 61.8. The Labute approximate surface area is 613 Å². The zero-order valence-electron chi connectivity index (χ0n) is 61.8. The quantitative estimate of drug-likeness (QED) is 0.0402. The normalized spacial score (nSPS) is 20.8. The number of hydrogen-bond donors (Lipinski definition) is 0. The smallest absolute Gasteiger partial charge is 0.303 e. The lowest BCUT2D eigenvalue weighted by Crippen LogP contribution is -2.42. The average Bonchev–Trinajstić information content (AvgIpc) is 0.705. The van der Waals surface area contributed by atoms with Crippen LogP contribution in [0.5, 0.6) is 97.7 Å². The predicted molar refractivity (Wildman–Crippen MR) is 382 cm³/mol. The molecular weight excluding hydrogens is 1370 g/mol. The summed E-state index contributed by atoms with van der Waals surface area (Å²) in [6.45, 7) is 5.19. The van der Waals surface area contributed by atoms with Crippen molar-refractivity contribution in [2.24, 2.45) is 0 Å².